The van der Waals surface area contributed by atoms with Crippen molar-refractivity contribution in [2.75, 3.05) is 12.4 Å². The molecule has 2 aromatic rings. The first kappa shape index (κ1) is 15.0. The number of carbonyl (C=O) groups is 2. The van der Waals surface area contributed by atoms with E-state index < -0.39 is 17.7 Å². The van der Waals surface area contributed by atoms with Crippen molar-refractivity contribution in [3.05, 3.63) is 64.4 Å². The lowest BCUT2D eigenvalue weighted by molar-refractivity contribution is 0.0600. The maximum absolute atomic E-state index is 13.3. The second-order valence-electron chi connectivity index (χ2n) is 4.15. The number of esters is 1. The normalized spacial score (nSPS) is 10.0. The van der Waals surface area contributed by atoms with Crippen molar-refractivity contribution in [2.45, 2.75) is 0 Å². The molecule has 0 aromatic heterocycles. The summed E-state index contributed by atoms with van der Waals surface area (Å²) in [5.74, 6) is -1.52. The maximum Gasteiger partial charge on any atom is 0.337 e. The lowest BCUT2D eigenvalue weighted by Crippen LogP contribution is -2.12. The topological polar surface area (TPSA) is 55.4 Å². The molecule has 0 bridgehead atoms. The number of benzene rings is 2. The molecule has 0 aliphatic rings. The number of hydrogen-bond donors (Lipinski definition) is 1. The number of hydrogen-bond acceptors (Lipinski definition) is 3. The van der Waals surface area contributed by atoms with Crippen LogP contribution in [-0.4, -0.2) is 19.0 Å². The molecule has 2 rings (SSSR count). The van der Waals surface area contributed by atoms with Gasteiger partial charge in [-0.1, -0.05) is 11.6 Å². The number of anilines is 1. The Labute approximate surface area is 125 Å². The Morgan fingerprint density at radius 3 is 2.29 bits per heavy atom. The van der Waals surface area contributed by atoms with Gasteiger partial charge in [-0.05, 0) is 42.5 Å². The van der Waals surface area contributed by atoms with Crippen molar-refractivity contribution in [1.29, 1.82) is 0 Å². The average Bonchev–Trinajstić information content (AvgIpc) is 2.50. The van der Waals surface area contributed by atoms with Crippen molar-refractivity contribution < 1.29 is 18.7 Å². The van der Waals surface area contributed by atoms with Crippen molar-refractivity contribution in [3.8, 4) is 0 Å². The van der Waals surface area contributed by atoms with E-state index in [-0.39, 0.29) is 5.02 Å². The summed E-state index contributed by atoms with van der Waals surface area (Å²) in [6.45, 7) is 0. The number of nitrogens with one attached hydrogen (secondary N) is 1. The molecule has 108 valence electrons. The Morgan fingerprint density at radius 1 is 1.10 bits per heavy atom. The minimum absolute atomic E-state index is 0.0181. The van der Waals surface area contributed by atoms with Gasteiger partial charge in [0.1, 0.15) is 5.82 Å². The number of methoxy groups -OCH3 is 1. The summed E-state index contributed by atoms with van der Waals surface area (Å²) >= 11 is 5.56. The van der Waals surface area contributed by atoms with Crippen LogP contribution in [-0.2, 0) is 4.74 Å². The zero-order chi connectivity index (χ0) is 15.4. The predicted molar refractivity (Wildman–Crippen MR) is 77.1 cm³/mol. The van der Waals surface area contributed by atoms with Gasteiger partial charge >= 0.3 is 5.97 Å². The van der Waals surface area contributed by atoms with Crippen LogP contribution in [0.15, 0.2) is 42.5 Å². The summed E-state index contributed by atoms with van der Waals surface area (Å²) in [4.78, 5) is 23.3. The monoisotopic (exact) mass is 307 g/mol. The van der Waals surface area contributed by atoms with Crippen LogP contribution in [0.3, 0.4) is 0 Å². The largest absolute Gasteiger partial charge is 0.465 e. The smallest absolute Gasteiger partial charge is 0.337 e. The first-order valence-electron chi connectivity index (χ1n) is 5.96. The van der Waals surface area contributed by atoms with E-state index in [1.165, 1.54) is 43.5 Å². The quantitative estimate of drug-likeness (QED) is 0.883. The molecule has 0 aliphatic heterocycles. The highest BCUT2D eigenvalue weighted by atomic mass is 35.5. The standard InChI is InChI=1S/C15H11ClFNO3/c1-21-15(20)10-4-2-9(3-5-10)14(19)18-11-6-7-12(16)13(17)8-11/h2-8H,1H3,(H,18,19). The molecule has 0 spiro atoms. The van der Waals surface area contributed by atoms with Crippen LogP contribution >= 0.6 is 11.6 Å². The number of carbonyl (C=O) groups excluding carboxylic acids is 2. The second kappa shape index (κ2) is 6.37. The molecule has 0 saturated carbocycles. The van der Waals surface area contributed by atoms with Gasteiger partial charge in [0.05, 0.1) is 17.7 Å². The summed E-state index contributed by atoms with van der Waals surface area (Å²) in [5.41, 5.74) is 0.962. The fourth-order valence-electron chi connectivity index (χ4n) is 1.65. The van der Waals surface area contributed by atoms with Crippen molar-refractivity contribution in [3.63, 3.8) is 0 Å². The Balaban J connectivity index is 2.13. The minimum atomic E-state index is -0.615. The fraction of sp³-hybridized carbons (Fsp3) is 0.0667. The molecule has 21 heavy (non-hydrogen) atoms. The Bertz CT molecular complexity index is 686. The Morgan fingerprint density at radius 2 is 1.71 bits per heavy atom. The number of ether oxygens (including phenoxy) is 1. The average molecular weight is 308 g/mol. The highest BCUT2D eigenvalue weighted by Crippen LogP contribution is 2.19. The van der Waals surface area contributed by atoms with Crippen molar-refractivity contribution >= 4 is 29.2 Å². The molecule has 0 saturated heterocycles. The molecule has 1 N–H and O–H groups in total. The molecule has 0 unspecified atom stereocenters. The van der Waals surface area contributed by atoms with Crippen LogP contribution in [0.1, 0.15) is 20.7 Å². The first-order valence-corrected chi connectivity index (χ1v) is 6.34. The maximum atomic E-state index is 13.3. The van der Waals surface area contributed by atoms with Crippen LogP contribution in [0.2, 0.25) is 5.02 Å². The highest BCUT2D eigenvalue weighted by molar-refractivity contribution is 6.30. The number of rotatable bonds is 3. The molecule has 4 nitrogen and oxygen atoms in total. The summed E-state index contributed by atoms with van der Waals surface area (Å²) in [6.07, 6.45) is 0. The molecular weight excluding hydrogens is 297 g/mol. The van der Waals surface area contributed by atoms with Gasteiger partial charge in [0.15, 0.2) is 0 Å². The van der Waals surface area contributed by atoms with Gasteiger partial charge in [0, 0.05) is 11.3 Å². The third-order valence-electron chi connectivity index (χ3n) is 2.75. The van der Waals surface area contributed by atoms with Gasteiger partial charge in [-0.25, -0.2) is 9.18 Å². The lowest BCUT2D eigenvalue weighted by Gasteiger charge is -2.06. The predicted octanol–water partition coefficient (Wildman–Crippen LogP) is 3.52. The molecule has 0 aliphatic carbocycles. The van der Waals surface area contributed by atoms with Crippen LogP contribution in [0.5, 0.6) is 0 Å². The van der Waals surface area contributed by atoms with Gasteiger partial charge in [0.2, 0.25) is 0 Å². The summed E-state index contributed by atoms with van der Waals surface area (Å²) in [5, 5.41) is 2.52. The molecule has 0 atom stereocenters. The van der Waals surface area contributed by atoms with Crippen LogP contribution < -0.4 is 5.32 Å². The first-order chi connectivity index (χ1) is 10.0. The van der Waals surface area contributed by atoms with Gasteiger partial charge in [-0.3, -0.25) is 4.79 Å². The third kappa shape index (κ3) is 3.58. The third-order valence-corrected chi connectivity index (χ3v) is 3.05. The molecule has 6 heteroatoms. The van der Waals surface area contributed by atoms with E-state index in [2.05, 4.69) is 10.1 Å². The van der Waals surface area contributed by atoms with Gasteiger partial charge in [-0.15, -0.1) is 0 Å². The Hall–Kier alpha value is -2.40. The van der Waals surface area contributed by atoms with E-state index in [1.54, 1.807) is 0 Å². The van der Waals surface area contributed by atoms with Crippen molar-refractivity contribution in [2.24, 2.45) is 0 Å². The number of amides is 1. The minimum Gasteiger partial charge on any atom is -0.465 e. The second-order valence-corrected chi connectivity index (χ2v) is 4.56. The molecule has 1 amide bonds. The summed E-state index contributed by atoms with van der Waals surface area (Å²) < 4.78 is 17.8. The summed E-state index contributed by atoms with van der Waals surface area (Å²) in [6, 6.07) is 9.89. The molecule has 0 radical (unpaired) electrons. The zero-order valence-electron chi connectivity index (χ0n) is 11.0. The zero-order valence-corrected chi connectivity index (χ0v) is 11.8. The van der Waals surface area contributed by atoms with E-state index in [0.717, 1.165) is 6.07 Å². The van der Waals surface area contributed by atoms with E-state index in [9.17, 15) is 14.0 Å². The molecule has 0 heterocycles. The molecule has 0 fully saturated rings. The number of halogens is 2. The Kier molecular flexibility index (Phi) is 4.55. The SMILES string of the molecule is COC(=O)c1ccc(C(=O)Nc2ccc(Cl)c(F)c2)cc1. The van der Waals surface area contributed by atoms with E-state index in [4.69, 9.17) is 11.6 Å². The lowest BCUT2D eigenvalue weighted by atomic mass is 10.1. The van der Waals surface area contributed by atoms with Crippen LogP contribution in [0, 0.1) is 5.82 Å². The van der Waals surface area contributed by atoms with Gasteiger partial charge in [-0.2, -0.15) is 0 Å². The van der Waals surface area contributed by atoms with Gasteiger partial charge < -0.3 is 10.1 Å². The van der Waals surface area contributed by atoms with E-state index in [0.29, 0.717) is 16.8 Å². The molecular formula is C15H11ClFNO3. The molecule has 2 aromatic carbocycles. The van der Waals surface area contributed by atoms with E-state index in [1.807, 2.05) is 0 Å². The fourth-order valence-corrected chi connectivity index (χ4v) is 1.77. The van der Waals surface area contributed by atoms with Crippen molar-refractivity contribution in [1.82, 2.24) is 0 Å². The highest BCUT2D eigenvalue weighted by Gasteiger charge is 2.10. The van der Waals surface area contributed by atoms with Crippen LogP contribution in [0.25, 0.3) is 0 Å². The van der Waals surface area contributed by atoms with Gasteiger partial charge in [0.25, 0.3) is 5.91 Å². The van der Waals surface area contributed by atoms with E-state index >= 15 is 0 Å². The van der Waals surface area contributed by atoms with Crippen LogP contribution in [0.4, 0.5) is 10.1 Å². The summed E-state index contributed by atoms with van der Waals surface area (Å²) in [7, 11) is 1.28.